The van der Waals surface area contributed by atoms with E-state index >= 15 is 4.39 Å². The molecule has 2 bridgehead atoms. The zero-order valence-electron chi connectivity index (χ0n) is 19.1. The lowest BCUT2D eigenvalue weighted by molar-refractivity contribution is -0.159. The van der Waals surface area contributed by atoms with E-state index in [0.29, 0.717) is 18.9 Å². The molecule has 2 aromatic carbocycles. The number of methoxy groups -OCH3 is 1. The maximum atomic E-state index is 15.6. The maximum Gasteiger partial charge on any atom is 0.251 e. The average Bonchev–Trinajstić information content (AvgIpc) is 2.72. The van der Waals surface area contributed by atoms with Crippen LogP contribution in [0.25, 0.3) is 11.1 Å². The third-order valence-corrected chi connectivity index (χ3v) is 7.51. The van der Waals surface area contributed by atoms with E-state index in [1.165, 1.54) is 19.2 Å². The van der Waals surface area contributed by atoms with Crippen LogP contribution in [0.3, 0.4) is 0 Å². The highest BCUT2D eigenvalue weighted by atomic mass is 32.2. The zero-order valence-corrected chi connectivity index (χ0v) is 19.9. The molecule has 2 aliphatic heterocycles. The lowest BCUT2D eigenvalue weighted by atomic mass is 9.66. The van der Waals surface area contributed by atoms with Crippen LogP contribution in [-0.2, 0) is 26.0 Å². The quantitative estimate of drug-likeness (QED) is 0.639. The SMILES string of the molecule is CO[C@H](C)C(=O)N1C2CC(C2)[C@H](NS(C)(=O)=O)[C@@H]1Cc1cccc(-c2cc(F)cc(F)c2)c1F. The van der Waals surface area contributed by atoms with Gasteiger partial charge in [-0.2, -0.15) is 0 Å². The summed E-state index contributed by atoms with van der Waals surface area (Å²) in [7, 11) is -2.18. The van der Waals surface area contributed by atoms with Gasteiger partial charge in [-0.1, -0.05) is 18.2 Å². The monoisotopic (exact) mass is 496 g/mol. The molecule has 5 rings (SSSR count). The molecule has 3 atom stereocenters. The van der Waals surface area contributed by atoms with Crippen LogP contribution in [0.4, 0.5) is 13.2 Å². The van der Waals surface area contributed by atoms with Crippen LogP contribution in [0, 0.1) is 23.4 Å². The topological polar surface area (TPSA) is 75.7 Å². The number of benzene rings is 2. The second-order valence-electron chi connectivity index (χ2n) is 9.13. The van der Waals surface area contributed by atoms with Crippen LogP contribution in [0.1, 0.15) is 25.3 Å². The van der Waals surface area contributed by atoms with Crippen molar-refractivity contribution in [1.82, 2.24) is 9.62 Å². The van der Waals surface area contributed by atoms with E-state index < -0.39 is 45.7 Å². The van der Waals surface area contributed by atoms with Crippen molar-refractivity contribution in [2.45, 2.75) is 50.4 Å². The summed E-state index contributed by atoms with van der Waals surface area (Å²) in [5, 5.41) is 0. The molecular formula is C24H27F3N2O4S. The van der Waals surface area contributed by atoms with Crippen molar-refractivity contribution in [1.29, 1.82) is 0 Å². The summed E-state index contributed by atoms with van der Waals surface area (Å²) in [5.74, 6) is -2.59. The number of nitrogens with zero attached hydrogens (tertiary/aromatic N) is 1. The minimum Gasteiger partial charge on any atom is -0.372 e. The van der Waals surface area contributed by atoms with Crippen LogP contribution < -0.4 is 4.72 Å². The number of carbonyl (C=O) groups is 1. The molecule has 184 valence electrons. The number of rotatable bonds is 7. The first kappa shape index (κ1) is 24.7. The predicted octanol–water partition coefficient (Wildman–Crippen LogP) is 3.26. The molecule has 0 aromatic heterocycles. The Morgan fingerprint density at radius 3 is 2.41 bits per heavy atom. The highest BCUT2D eigenvalue weighted by molar-refractivity contribution is 7.88. The minimum absolute atomic E-state index is 0.0210. The molecule has 0 unspecified atom stereocenters. The molecule has 1 aliphatic carbocycles. The first-order valence-corrected chi connectivity index (χ1v) is 12.9. The first-order valence-electron chi connectivity index (χ1n) is 11.0. The third-order valence-electron chi connectivity index (χ3n) is 6.81. The van der Waals surface area contributed by atoms with E-state index in [9.17, 15) is 22.0 Å². The van der Waals surface area contributed by atoms with Crippen molar-refractivity contribution in [3.05, 3.63) is 59.4 Å². The number of halogens is 3. The molecule has 3 fully saturated rings. The number of piperidine rings is 2. The summed E-state index contributed by atoms with van der Waals surface area (Å²) in [4.78, 5) is 14.8. The number of sulfonamides is 1. The Balaban J connectivity index is 1.73. The zero-order chi connectivity index (χ0) is 24.8. The largest absolute Gasteiger partial charge is 0.372 e. The molecule has 2 saturated heterocycles. The third kappa shape index (κ3) is 4.85. The molecule has 2 heterocycles. The van der Waals surface area contributed by atoms with Gasteiger partial charge in [0, 0.05) is 30.8 Å². The lowest BCUT2D eigenvalue weighted by Crippen LogP contribution is -2.71. The number of hydrogen-bond acceptors (Lipinski definition) is 4. The highest BCUT2D eigenvalue weighted by Gasteiger charge is 2.53. The first-order chi connectivity index (χ1) is 16.0. The molecule has 0 spiro atoms. The van der Waals surface area contributed by atoms with Crippen LogP contribution in [0.15, 0.2) is 36.4 Å². The highest BCUT2D eigenvalue weighted by Crippen LogP contribution is 2.45. The van der Waals surface area contributed by atoms with Gasteiger partial charge in [0.15, 0.2) is 0 Å². The summed E-state index contributed by atoms with van der Waals surface area (Å²) in [6.07, 6.45) is 1.64. The van der Waals surface area contributed by atoms with Gasteiger partial charge in [-0.25, -0.2) is 26.3 Å². The number of fused-ring (bicyclic) bond motifs is 2. The van der Waals surface area contributed by atoms with Gasteiger partial charge in [0.1, 0.15) is 23.6 Å². The van der Waals surface area contributed by atoms with E-state index in [1.807, 2.05) is 0 Å². The fraction of sp³-hybridized carbons (Fsp3) is 0.458. The smallest absolute Gasteiger partial charge is 0.251 e. The number of ether oxygens (including phenoxy) is 1. The van der Waals surface area contributed by atoms with Gasteiger partial charge in [0.05, 0.1) is 12.3 Å². The fourth-order valence-corrected chi connectivity index (χ4v) is 5.95. The van der Waals surface area contributed by atoms with Crippen LogP contribution in [0.2, 0.25) is 0 Å². The molecule has 6 nitrogen and oxygen atoms in total. The summed E-state index contributed by atoms with van der Waals surface area (Å²) < 4.78 is 75.2. The van der Waals surface area contributed by atoms with Gasteiger partial charge in [0.2, 0.25) is 10.0 Å². The Labute approximate surface area is 197 Å². The van der Waals surface area contributed by atoms with E-state index in [2.05, 4.69) is 4.72 Å². The van der Waals surface area contributed by atoms with Gasteiger partial charge in [0.25, 0.3) is 5.91 Å². The van der Waals surface area contributed by atoms with Crippen LogP contribution >= 0.6 is 0 Å². The standard InChI is InChI=1S/C24H27F3N2O4S/c1-13(33-2)24(30)29-19-9-16(10-19)23(28-34(3,31)32)21(29)11-14-5-4-6-20(22(14)27)15-7-17(25)12-18(26)8-15/h4-8,12-13,16,19,21,23,28H,9-11H2,1-3H3/t13-,16?,19?,21+,23+/m1/s1. The van der Waals surface area contributed by atoms with Gasteiger partial charge in [-0.3, -0.25) is 4.79 Å². The van der Waals surface area contributed by atoms with Crippen molar-refractivity contribution in [2.24, 2.45) is 5.92 Å². The Morgan fingerprint density at radius 2 is 1.82 bits per heavy atom. The second-order valence-corrected chi connectivity index (χ2v) is 10.9. The fourth-order valence-electron chi connectivity index (χ4n) is 5.10. The molecule has 1 amide bonds. The van der Waals surface area contributed by atoms with E-state index in [4.69, 9.17) is 4.74 Å². The summed E-state index contributed by atoms with van der Waals surface area (Å²) in [5.41, 5.74) is 0.291. The normalized spacial score (nSPS) is 25.1. The molecular weight excluding hydrogens is 469 g/mol. The molecule has 0 radical (unpaired) electrons. The minimum atomic E-state index is -3.60. The lowest BCUT2D eigenvalue weighted by Gasteiger charge is -2.58. The average molecular weight is 497 g/mol. The summed E-state index contributed by atoms with van der Waals surface area (Å²) in [6.45, 7) is 1.61. The van der Waals surface area contributed by atoms with Crippen molar-refractivity contribution in [3.63, 3.8) is 0 Å². The molecule has 1 N–H and O–H groups in total. The second kappa shape index (κ2) is 9.31. The van der Waals surface area contributed by atoms with Crippen molar-refractivity contribution < 1.29 is 31.1 Å². The van der Waals surface area contributed by atoms with Gasteiger partial charge >= 0.3 is 0 Å². The van der Waals surface area contributed by atoms with E-state index in [1.54, 1.807) is 17.9 Å². The Kier molecular flexibility index (Phi) is 6.76. The summed E-state index contributed by atoms with van der Waals surface area (Å²) in [6, 6.07) is 6.01. The van der Waals surface area contributed by atoms with Crippen molar-refractivity contribution >= 4 is 15.9 Å². The maximum absolute atomic E-state index is 15.6. The summed E-state index contributed by atoms with van der Waals surface area (Å²) >= 11 is 0. The molecule has 34 heavy (non-hydrogen) atoms. The van der Waals surface area contributed by atoms with Crippen molar-refractivity contribution in [3.8, 4) is 11.1 Å². The Morgan fingerprint density at radius 1 is 1.18 bits per heavy atom. The molecule has 10 heteroatoms. The molecule has 1 saturated carbocycles. The number of nitrogens with one attached hydrogen (secondary N) is 1. The number of hydrogen-bond donors (Lipinski definition) is 1. The number of carbonyl (C=O) groups excluding carboxylic acids is 1. The molecule has 3 aliphatic rings. The number of amides is 1. The van der Waals surface area contributed by atoms with E-state index in [0.717, 1.165) is 18.4 Å². The van der Waals surface area contributed by atoms with Crippen LogP contribution in [-0.4, -0.2) is 56.8 Å². The van der Waals surface area contributed by atoms with Gasteiger partial charge in [-0.15, -0.1) is 0 Å². The predicted molar refractivity (Wildman–Crippen MR) is 121 cm³/mol. The Hall–Kier alpha value is -2.43. The Bertz CT molecular complexity index is 1180. The van der Waals surface area contributed by atoms with Gasteiger partial charge < -0.3 is 9.64 Å². The van der Waals surface area contributed by atoms with E-state index in [-0.39, 0.29) is 41.0 Å². The molecule has 2 aromatic rings. The van der Waals surface area contributed by atoms with Gasteiger partial charge in [-0.05, 0) is 55.4 Å². The van der Waals surface area contributed by atoms with Crippen LogP contribution in [0.5, 0.6) is 0 Å². The van der Waals surface area contributed by atoms with Crippen molar-refractivity contribution in [2.75, 3.05) is 13.4 Å².